The number of para-hydroxylation sites is 1. The van der Waals surface area contributed by atoms with E-state index in [1.165, 1.54) is 18.3 Å². The summed E-state index contributed by atoms with van der Waals surface area (Å²) in [6.07, 6.45) is 9.62. The van der Waals surface area contributed by atoms with E-state index in [1.54, 1.807) is 6.20 Å². The fourth-order valence-corrected chi connectivity index (χ4v) is 3.18. The smallest absolute Gasteiger partial charge is 0.253 e. The van der Waals surface area contributed by atoms with Crippen molar-refractivity contribution in [2.24, 2.45) is 0 Å². The van der Waals surface area contributed by atoms with Crippen LogP contribution in [-0.4, -0.2) is 15.9 Å². The van der Waals surface area contributed by atoms with E-state index in [0.29, 0.717) is 11.5 Å². The molecule has 0 unspecified atom stereocenters. The zero-order chi connectivity index (χ0) is 17.1. The SMILES string of the molecule is O=C(NCc1ncco1)c1cc2ccccc2nc1C1=CCCCC1. The van der Waals surface area contributed by atoms with E-state index >= 15 is 0 Å². The van der Waals surface area contributed by atoms with Crippen molar-refractivity contribution in [1.82, 2.24) is 15.3 Å². The summed E-state index contributed by atoms with van der Waals surface area (Å²) in [5.41, 5.74) is 3.48. The number of oxazole rings is 1. The molecule has 1 amide bonds. The molecule has 1 aliphatic carbocycles. The number of amides is 1. The number of carbonyl (C=O) groups is 1. The predicted molar refractivity (Wildman–Crippen MR) is 95.9 cm³/mol. The Hall–Kier alpha value is -2.95. The van der Waals surface area contributed by atoms with E-state index in [0.717, 1.165) is 35.9 Å². The molecule has 0 saturated heterocycles. The molecule has 0 saturated carbocycles. The molecule has 2 aromatic heterocycles. The molecular weight excluding hydrogens is 314 g/mol. The summed E-state index contributed by atoms with van der Waals surface area (Å²) in [6.45, 7) is 0.261. The fraction of sp³-hybridized carbons (Fsp3) is 0.250. The minimum Gasteiger partial charge on any atom is -0.447 e. The highest BCUT2D eigenvalue weighted by atomic mass is 16.3. The number of hydrogen-bond acceptors (Lipinski definition) is 4. The zero-order valence-electron chi connectivity index (χ0n) is 13.9. The Morgan fingerprint density at radius 2 is 2.16 bits per heavy atom. The Kier molecular flexibility index (Phi) is 4.29. The number of carbonyl (C=O) groups excluding carboxylic acids is 1. The van der Waals surface area contributed by atoms with Gasteiger partial charge in [0.05, 0.1) is 29.5 Å². The molecule has 1 aliphatic rings. The number of hydrogen-bond donors (Lipinski definition) is 1. The largest absolute Gasteiger partial charge is 0.447 e. The van der Waals surface area contributed by atoms with Gasteiger partial charge in [0, 0.05) is 5.39 Å². The second kappa shape index (κ2) is 6.89. The Labute approximate surface area is 145 Å². The third kappa shape index (κ3) is 3.31. The number of rotatable bonds is 4. The zero-order valence-corrected chi connectivity index (χ0v) is 13.9. The first-order valence-corrected chi connectivity index (χ1v) is 8.57. The highest BCUT2D eigenvalue weighted by Gasteiger charge is 2.19. The van der Waals surface area contributed by atoms with Crippen LogP contribution < -0.4 is 5.32 Å². The maximum Gasteiger partial charge on any atom is 0.253 e. The number of fused-ring (bicyclic) bond motifs is 1. The lowest BCUT2D eigenvalue weighted by atomic mass is 9.93. The van der Waals surface area contributed by atoms with Crippen LogP contribution in [0.15, 0.2) is 53.3 Å². The Bertz CT molecular complexity index is 929. The second-order valence-electron chi connectivity index (χ2n) is 6.16. The molecule has 2 heterocycles. The Balaban J connectivity index is 1.71. The van der Waals surface area contributed by atoms with Crippen LogP contribution in [0.2, 0.25) is 0 Å². The van der Waals surface area contributed by atoms with Crippen molar-refractivity contribution in [1.29, 1.82) is 0 Å². The molecule has 0 fully saturated rings. The highest BCUT2D eigenvalue weighted by Crippen LogP contribution is 2.29. The van der Waals surface area contributed by atoms with Crippen LogP contribution >= 0.6 is 0 Å². The fourth-order valence-electron chi connectivity index (χ4n) is 3.18. The van der Waals surface area contributed by atoms with Crippen LogP contribution in [0.3, 0.4) is 0 Å². The third-order valence-corrected chi connectivity index (χ3v) is 4.45. The minimum absolute atomic E-state index is 0.155. The van der Waals surface area contributed by atoms with Gasteiger partial charge in [0.1, 0.15) is 6.26 Å². The molecule has 0 spiro atoms. The normalized spacial score (nSPS) is 14.3. The first kappa shape index (κ1) is 15.6. The molecule has 1 N–H and O–H groups in total. The van der Waals surface area contributed by atoms with Gasteiger partial charge in [-0.15, -0.1) is 0 Å². The Morgan fingerprint density at radius 1 is 1.24 bits per heavy atom. The van der Waals surface area contributed by atoms with Crippen LogP contribution in [-0.2, 0) is 6.54 Å². The number of allylic oxidation sites excluding steroid dienone is 2. The summed E-state index contributed by atoms with van der Waals surface area (Å²) in [4.78, 5) is 21.6. The topological polar surface area (TPSA) is 68.0 Å². The average Bonchev–Trinajstić information content (AvgIpc) is 3.19. The van der Waals surface area contributed by atoms with Gasteiger partial charge in [-0.1, -0.05) is 24.3 Å². The number of nitrogens with one attached hydrogen (secondary N) is 1. The molecule has 25 heavy (non-hydrogen) atoms. The van der Waals surface area contributed by atoms with Gasteiger partial charge in [0.2, 0.25) is 5.89 Å². The van der Waals surface area contributed by atoms with Crippen molar-refractivity contribution in [2.75, 3.05) is 0 Å². The van der Waals surface area contributed by atoms with Crippen LogP contribution in [0.5, 0.6) is 0 Å². The van der Waals surface area contributed by atoms with Gasteiger partial charge in [-0.2, -0.15) is 0 Å². The van der Waals surface area contributed by atoms with Gasteiger partial charge in [-0.05, 0) is 43.4 Å². The molecular formula is C20H19N3O2. The van der Waals surface area contributed by atoms with Crippen LogP contribution in [0.4, 0.5) is 0 Å². The maximum absolute atomic E-state index is 12.8. The van der Waals surface area contributed by atoms with E-state index in [4.69, 9.17) is 9.40 Å². The van der Waals surface area contributed by atoms with E-state index in [9.17, 15) is 4.79 Å². The lowest BCUT2D eigenvalue weighted by molar-refractivity contribution is 0.0946. The summed E-state index contributed by atoms with van der Waals surface area (Å²) in [6, 6.07) is 9.82. The van der Waals surface area contributed by atoms with Crippen molar-refractivity contribution < 1.29 is 9.21 Å². The quantitative estimate of drug-likeness (QED) is 0.780. The van der Waals surface area contributed by atoms with Crippen molar-refractivity contribution in [3.05, 3.63) is 66.0 Å². The summed E-state index contributed by atoms with van der Waals surface area (Å²) >= 11 is 0. The lowest BCUT2D eigenvalue weighted by Gasteiger charge is -2.16. The molecule has 0 aliphatic heterocycles. The number of aromatic nitrogens is 2. The average molecular weight is 333 g/mol. The van der Waals surface area contributed by atoms with Crippen molar-refractivity contribution in [3.63, 3.8) is 0 Å². The third-order valence-electron chi connectivity index (χ3n) is 4.45. The minimum atomic E-state index is -0.155. The molecule has 3 aromatic rings. The first-order chi connectivity index (χ1) is 12.3. The molecule has 126 valence electrons. The van der Waals surface area contributed by atoms with Gasteiger partial charge in [0.15, 0.2) is 0 Å². The first-order valence-electron chi connectivity index (χ1n) is 8.57. The van der Waals surface area contributed by atoms with E-state index in [-0.39, 0.29) is 12.5 Å². The maximum atomic E-state index is 12.8. The molecule has 0 bridgehead atoms. The standard InChI is InChI=1S/C20H19N3O2/c24-20(22-13-18-21-10-11-25-18)16-12-15-8-4-5-9-17(15)23-19(16)14-6-2-1-3-7-14/h4-6,8-12H,1-3,7,13H2,(H,22,24). The molecule has 5 heteroatoms. The van der Waals surface area contributed by atoms with Gasteiger partial charge in [0.25, 0.3) is 5.91 Å². The summed E-state index contributed by atoms with van der Waals surface area (Å²) in [5.74, 6) is 0.332. The van der Waals surface area contributed by atoms with Crippen molar-refractivity contribution in [3.8, 4) is 0 Å². The monoisotopic (exact) mass is 333 g/mol. The van der Waals surface area contributed by atoms with Crippen molar-refractivity contribution in [2.45, 2.75) is 32.2 Å². The number of nitrogens with zero attached hydrogens (tertiary/aromatic N) is 2. The molecule has 1 aromatic carbocycles. The molecule has 0 radical (unpaired) electrons. The van der Waals surface area contributed by atoms with Crippen LogP contribution in [0, 0.1) is 0 Å². The van der Waals surface area contributed by atoms with Gasteiger partial charge < -0.3 is 9.73 Å². The van der Waals surface area contributed by atoms with Gasteiger partial charge in [-0.3, -0.25) is 4.79 Å². The summed E-state index contributed by atoms with van der Waals surface area (Å²) < 4.78 is 5.18. The van der Waals surface area contributed by atoms with Crippen LogP contribution in [0.25, 0.3) is 16.5 Å². The lowest BCUT2D eigenvalue weighted by Crippen LogP contribution is -2.24. The van der Waals surface area contributed by atoms with E-state index in [1.807, 2.05) is 30.3 Å². The number of pyridine rings is 1. The summed E-state index contributed by atoms with van der Waals surface area (Å²) in [7, 11) is 0. The molecule has 0 atom stereocenters. The molecule has 5 nitrogen and oxygen atoms in total. The summed E-state index contributed by atoms with van der Waals surface area (Å²) in [5, 5.41) is 3.85. The molecule has 4 rings (SSSR count). The van der Waals surface area contributed by atoms with Gasteiger partial charge >= 0.3 is 0 Å². The van der Waals surface area contributed by atoms with Gasteiger partial charge in [-0.25, -0.2) is 9.97 Å². The number of benzene rings is 1. The highest BCUT2D eigenvalue weighted by molar-refractivity contribution is 6.01. The predicted octanol–water partition coefficient (Wildman–Crippen LogP) is 4.11. The second-order valence-corrected chi connectivity index (χ2v) is 6.16. The Morgan fingerprint density at radius 3 is 2.96 bits per heavy atom. The van der Waals surface area contributed by atoms with Crippen LogP contribution in [0.1, 0.15) is 47.6 Å². The van der Waals surface area contributed by atoms with E-state index in [2.05, 4.69) is 16.4 Å². The van der Waals surface area contributed by atoms with E-state index < -0.39 is 0 Å². The van der Waals surface area contributed by atoms with Crippen molar-refractivity contribution >= 4 is 22.4 Å².